The van der Waals surface area contributed by atoms with Gasteiger partial charge in [0, 0.05) is 22.8 Å². The highest BCUT2D eigenvalue weighted by Gasteiger charge is 2.63. The molecule has 2 aromatic carbocycles. The van der Waals surface area contributed by atoms with Crippen LogP contribution in [0.2, 0.25) is 5.02 Å². The molecule has 3 aliphatic heterocycles. The quantitative estimate of drug-likeness (QED) is 0.522. The van der Waals surface area contributed by atoms with E-state index in [1.165, 1.54) is 4.90 Å². The first-order valence-corrected chi connectivity index (χ1v) is 11.1. The third-order valence-electron chi connectivity index (χ3n) is 6.62. The number of benzene rings is 2. The number of unbranched alkanes of at least 4 members (excludes halogenated alkanes) is 1. The summed E-state index contributed by atoms with van der Waals surface area (Å²) in [5.74, 6) is -1.76. The van der Waals surface area contributed by atoms with E-state index >= 15 is 0 Å². The van der Waals surface area contributed by atoms with E-state index in [4.69, 9.17) is 11.6 Å². The minimum atomic E-state index is -0.731. The summed E-state index contributed by atoms with van der Waals surface area (Å²) >= 11 is 6.19. The van der Waals surface area contributed by atoms with Crippen molar-refractivity contribution in [2.24, 2.45) is 11.8 Å². The number of fused-ring (bicyclic) bond motifs is 5. The number of hydrogen-bond acceptors (Lipinski definition) is 4. The fourth-order valence-electron chi connectivity index (χ4n) is 5.22. The molecular formula is C25H23ClN2O3. The molecule has 0 bridgehead atoms. The molecule has 0 radical (unpaired) electrons. The third-order valence-corrected chi connectivity index (χ3v) is 6.86. The summed E-state index contributed by atoms with van der Waals surface area (Å²) in [6.07, 6.45) is 5.55. The predicted molar refractivity (Wildman–Crippen MR) is 120 cm³/mol. The minimum Gasteiger partial charge on any atom is -0.352 e. The van der Waals surface area contributed by atoms with Gasteiger partial charge in [-0.25, -0.2) is 0 Å². The lowest BCUT2D eigenvalue weighted by Crippen LogP contribution is -2.48. The van der Waals surface area contributed by atoms with Crippen LogP contribution in [0.15, 0.2) is 54.6 Å². The van der Waals surface area contributed by atoms with Crippen molar-refractivity contribution < 1.29 is 14.4 Å². The van der Waals surface area contributed by atoms with Crippen LogP contribution in [-0.4, -0.2) is 41.1 Å². The zero-order valence-corrected chi connectivity index (χ0v) is 18.0. The predicted octanol–water partition coefficient (Wildman–Crippen LogP) is 4.21. The van der Waals surface area contributed by atoms with Gasteiger partial charge in [0.2, 0.25) is 11.8 Å². The number of nitrogens with zero attached hydrogens (tertiary/aromatic N) is 2. The maximum atomic E-state index is 13.7. The second-order valence-corrected chi connectivity index (χ2v) is 8.80. The van der Waals surface area contributed by atoms with Crippen LogP contribution >= 0.6 is 11.6 Å². The second-order valence-electron chi connectivity index (χ2n) is 8.37. The van der Waals surface area contributed by atoms with Crippen LogP contribution in [0, 0.1) is 11.8 Å². The zero-order chi connectivity index (χ0) is 21.7. The average molecular weight is 435 g/mol. The molecule has 0 aliphatic carbocycles. The number of hydrogen-bond donors (Lipinski definition) is 0. The van der Waals surface area contributed by atoms with Crippen LogP contribution in [0.5, 0.6) is 0 Å². The van der Waals surface area contributed by atoms with Crippen LogP contribution in [0.4, 0.5) is 5.69 Å². The number of halogens is 1. The van der Waals surface area contributed by atoms with Gasteiger partial charge in [-0.05, 0) is 30.2 Å². The Bertz CT molecular complexity index is 1100. The lowest BCUT2D eigenvalue weighted by atomic mass is 9.86. The van der Waals surface area contributed by atoms with Gasteiger partial charge < -0.3 is 4.90 Å². The summed E-state index contributed by atoms with van der Waals surface area (Å²) in [6, 6.07) is 13.5. The normalized spacial score (nSPS) is 26.1. The number of anilines is 1. The highest BCUT2D eigenvalue weighted by atomic mass is 35.5. The van der Waals surface area contributed by atoms with Crippen LogP contribution in [-0.2, 0) is 9.59 Å². The van der Waals surface area contributed by atoms with E-state index in [0.717, 1.165) is 24.1 Å². The number of carbonyl (C=O) groups excluding carboxylic acids is 3. The van der Waals surface area contributed by atoms with Crippen LogP contribution < -0.4 is 4.90 Å². The van der Waals surface area contributed by atoms with E-state index in [0.29, 0.717) is 17.1 Å². The maximum absolute atomic E-state index is 13.7. The SMILES string of the molecule is CCCCN1C(=O)[C@@H]2[C@@H](C1=O)[C@@H](C(=O)c1ccccc1)N1c3ccc(Cl)cc3C=C[C@H]21. The smallest absolute Gasteiger partial charge is 0.235 e. The number of amides is 2. The molecule has 0 N–H and O–H groups in total. The van der Waals surface area contributed by atoms with Gasteiger partial charge in [-0.3, -0.25) is 19.3 Å². The topological polar surface area (TPSA) is 57.7 Å². The standard InChI is InChI=1S/C25H23ClN2O3/c1-2-3-13-27-24(30)20-19-11-9-16-14-17(26)10-12-18(16)28(19)22(21(20)25(27)31)23(29)15-7-5-4-6-8-15/h4-12,14,19-22H,2-3,13H2,1H3/t19-,20+,21-,22+/m1/s1. The van der Waals surface area contributed by atoms with Gasteiger partial charge in [-0.15, -0.1) is 0 Å². The molecule has 6 heteroatoms. The molecule has 5 rings (SSSR count). The monoisotopic (exact) mass is 434 g/mol. The van der Waals surface area contributed by atoms with Crippen LogP contribution in [0.3, 0.4) is 0 Å². The van der Waals surface area contributed by atoms with Crippen molar-refractivity contribution in [1.82, 2.24) is 4.90 Å². The summed E-state index contributed by atoms with van der Waals surface area (Å²) < 4.78 is 0. The molecule has 31 heavy (non-hydrogen) atoms. The first-order chi connectivity index (χ1) is 15.0. The Labute approximate surface area is 186 Å². The van der Waals surface area contributed by atoms with Crippen LogP contribution in [0.25, 0.3) is 6.08 Å². The third kappa shape index (κ3) is 3.02. The summed E-state index contributed by atoms with van der Waals surface area (Å²) in [5.41, 5.74) is 2.27. The Morgan fingerprint density at radius 1 is 1.03 bits per heavy atom. The first kappa shape index (κ1) is 20.0. The molecule has 4 atom stereocenters. The molecule has 3 aliphatic rings. The first-order valence-electron chi connectivity index (χ1n) is 10.7. The Kier molecular flexibility index (Phi) is 4.94. The molecule has 0 spiro atoms. The summed E-state index contributed by atoms with van der Waals surface area (Å²) in [6.45, 7) is 2.44. The van der Waals surface area contributed by atoms with E-state index in [1.54, 1.807) is 18.2 Å². The molecule has 2 saturated heterocycles. The number of carbonyl (C=O) groups is 3. The molecule has 2 aromatic rings. The van der Waals surface area contributed by atoms with E-state index in [-0.39, 0.29) is 23.6 Å². The Balaban J connectivity index is 1.63. The van der Waals surface area contributed by atoms with E-state index < -0.39 is 17.9 Å². The van der Waals surface area contributed by atoms with E-state index in [2.05, 4.69) is 0 Å². The van der Waals surface area contributed by atoms with Crippen molar-refractivity contribution in [3.63, 3.8) is 0 Å². The average Bonchev–Trinajstić information content (AvgIpc) is 3.25. The van der Waals surface area contributed by atoms with Gasteiger partial charge >= 0.3 is 0 Å². The summed E-state index contributed by atoms with van der Waals surface area (Å²) in [7, 11) is 0. The van der Waals surface area contributed by atoms with E-state index in [1.807, 2.05) is 54.3 Å². The van der Waals surface area contributed by atoms with Gasteiger partial charge in [-0.1, -0.05) is 67.4 Å². The van der Waals surface area contributed by atoms with E-state index in [9.17, 15) is 14.4 Å². The second kappa shape index (κ2) is 7.65. The lowest BCUT2D eigenvalue weighted by molar-refractivity contribution is -0.140. The summed E-state index contributed by atoms with van der Waals surface area (Å²) in [4.78, 5) is 43.9. The van der Waals surface area contributed by atoms with Crippen molar-refractivity contribution in [2.45, 2.75) is 31.8 Å². The molecule has 3 heterocycles. The van der Waals surface area contributed by atoms with Crippen molar-refractivity contribution >= 4 is 41.0 Å². The fraction of sp³-hybridized carbons (Fsp3) is 0.320. The Morgan fingerprint density at radius 3 is 2.52 bits per heavy atom. The van der Waals surface area contributed by atoms with Gasteiger partial charge in [-0.2, -0.15) is 0 Å². The lowest BCUT2D eigenvalue weighted by Gasteiger charge is -2.36. The number of ketones is 1. The number of rotatable bonds is 5. The molecule has 0 aromatic heterocycles. The molecule has 0 saturated carbocycles. The zero-order valence-electron chi connectivity index (χ0n) is 17.2. The molecular weight excluding hydrogens is 412 g/mol. The number of imide groups is 1. The van der Waals surface area contributed by atoms with Crippen molar-refractivity contribution in [3.05, 3.63) is 70.8 Å². The van der Waals surface area contributed by atoms with Crippen molar-refractivity contribution in [1.29, 1.82) is 0 Å². The number of likely N-dealkylation sites (tertiary alicyclic amines) is 1. The maximum Gasteiger partial charge on any atom is 0.235 e. The minimum absolute atomic E-state index is 0.132. The largest absolute Gasteiger partial charge is 0.352 e. The van der Waals surface area contributed by atoms with Gasteiger partial charge in [0.25, 0.3) is 0 Å². The van der Waals surface area contributed by atoms with Crippen LogP contribution in [0.1, 0.15) is 35.7 Å². The molecule has 5 nitrogen and oxygen atoms in total. The Morgan fingerprint density at radius 2 is 1.77 bits per heavy atom. The highest BCUT2D eigenvalue weighted by Crippen LogP contribution is 2.49. The van der Waals surface area contributed by atoms with Gasteiger partial charge in [0.15, 0.2) is 5.78 Å². The fourth-order valence-corrected chi connectivity index (χ4v) is 5.40. The molecule has 2 fully saturated rings. The molecule has 2 amide bonds. The summed E-state index contributed by atoms with van der Waals surface area (Å²) in [5, 5.41) is 0.602. The highest BCUT2D eigenvalue weighted by molar-refractivity contribution is 6.30. The molecule has 158 valence electrons. The van der Waals surface area contributed by atoms with Crippen molar-refractivity contribution in [3.8, 4) is 0 Å². The van der Waals surface area contributed by atoms with Gasteiger partial charge in [0.05, 0.1) is 17.9 Å². The molecule has 0 unspecified atom stereocenters. The Hall–Kier alpha value is -2.92. The van der Waals surface area contributed by atoms with Crippen molar-refractivity contribution in [2.75, 3.05) is 11.4 Å². The van der Waals surface area contributed by atoms with Gasteiger partial charge in [0.1, 0.15) is 6.04 Å². The number of Topliss-reactive ketones (excluding diaryl/α,β-unsaturated/α-hetero) is 1.